The van der Waals surface area contributed by atoms with Gasteiger partial charge in [-0.3, -0.25) is 0 Å². The summed E-state index contributed by atoms with van der Waals surface area (Å²) in [6.45, 7) is 27.1. The summed E-state index contributed by atoms with van der Waals surface area (Å²) in [5, 5.41) is 0. The summed E-state index contributed by atoms with van der Waals surface area (Å²) in [4.78, 5) is 4.61. The maximum absolute atomic E-state index is 3.81. The van der Waals surface area contributed by atoms with Crippen molar-refractivity contribution in [3.63, 3.8) is 0 Å². The zero-order valence-corrected chi connectivity index (χ0v) is 58.6. The molecule has 0 aliphatic rings. The molecule has 2 nitrogen and oxygen atoms in total. The van der Waals surface area contributed by atoms with Crippen LogP contribution < -0.4 is 42.6 Å². The van der Waals surface area contributed by atoms with E-state index < -0.39 is 0 Å². The fourth-order valence-corrected chi connectivity index (χ4v) is 15.4. The van der Waals surface area contributed by atoms with Crippen LogP contribution in [0, 0.1) is 107 Å². The third-order valence-corrected chi connectivity index (χ3v) is 19.4. The van der Waals surface area contributed by atoms with Crippen LogP contribution in [0.3, 0.4) is 0 Å². The highest BCUT2D eigenvalue weighted by molar-refractivity contribution is 6.97. The van der Waals surface area contributed by atoms with Crippen molar-refractivity contribution in [2.45, 2.75) is 83.1 Å². The van der Waals surface area contributed by atoms with E-state index in [1.54, 1.807) is 0 Å². The first-order valence-electron chi connectivity index (χ1n) is 34.3. The number of hydrogen-bond donors (Lipinski definition) is 0. The largest absolute Gasteiger partial charge is 0.311 e. The molecule has 4 heteroatoms. The number of aryl methyl sites for hydroxylation is 12. The molecule has 13 aromatic carbocycles. The van der Waals surface area contributed by atoms with E-state index in [1.807, 2.05) is 0 Å². The minimum Gasteiger partial charge on any atom is -0.311 e. The molecular weight excluding hydrogens is 1180 g/mol. The number of rotatable bonds is 14. The molecule has 0 atom stereocenters. The monoisotopic (exact) mass is 1260 g/mol. The predicted octanol–water partition coefficient (Wildman–Crippen LogP) is 19.5. The average molecular weight is 1260 g/mol. The van der Waals surface area contributed by atoms with E-state index in [0.29, 0.717) is 0 Å². The molecule has 0 amide bonds. The van der Waals surface area contributed by atoms with Crippen LogP contribution in [-0.4, -0.2) is 13.4 Å². The zero-order chi connectivity index (χ0) is 68.1. The lowest BCUT2D eigenvalue weighted by molar-refractivity contribution is 1.28. The molecule has 98 heavy (non-hydrogen) atoms. The topological polar surface area (TPSA) is 6.48 Å². The van der Waals surface area contributed by atoms with Gasteiger partial charge in [-0.25, -0.2) is 0 Å². The molecule has 13 rings (SSSR count). The molecule has 0 bridgehead atoms. The second-order valence-electron chi connectivity index (χ2n) is 26.9. The van der Waals surface area contributed by atoms with Gasteiger partial charge in [-0.2, -0.15) is 0 Å². The van der Waals surface area contributed by atoms with E-state index in [2.05, 4.69) is 396 Å². The van der Waals surface area contributed by atoms with E-state index in [0.717, 1.165) is 78.6 Å². The minimum atomic E-state index is 0.0526. The highest BCUT2D eigenvalue weighted by Crippen LogP contribution is 2.40. The molecule has 0 spiro atoms. The molecule has 474 valence electrons. The Kier molecular flexibility index (Phi) is 19.1. The van der Waals surface area contributed by atoms with Gasteiger partial charge in [0.2, 0.25) is 13.4 Å². The summed E-state index contributed by atoms with van der Waals surface area (Å²) < 4.78 is 0. The number of anilines is 6. The maximum Gasteiger partial charge on any atom is 0.242 e. The molecular formula is C94H82B2N2. The van der Waals surface area contributed by atoms with Crippen molar-refractivity contribution >= 4 is 80.3 Å². The first-order chi connectivity index (χ1) is 47.5. The average Bonchev–Trinajstić information content (AvgIpc) is 0.765. The molecule has 0 fully saturated rings. The summed E-state index contributed by atoms with van der Waals surface area (Å²) in [5.41, 5.74) is 37.7. The Labute approximate surface area is 583 Å². The van der Waals surface area contributed by atoms with Crippen LogP contribution in [0.1, 0.15) is 89.0 Å². The SMILES string of the molecule is Cc1cc(C)c(B(c2ccc(C#Cc3cc(-c4ccc(N(c5ccccc5)c5ccccc5)cc4)c(C#Cc4ccc(B(c5c(C)cc(C)cc5C)c5c(C)cc(C)cc5C)cc4)cc3-c3ccc(N(c4ccccc4)c4ccccc4)cc3)cc2)c2c(C)cc(C)cc2C)c(C)c1. The lowest BCUT2D eigenvalue weighted by atomic mass is 9.34. The van der Waals surface area contributed by atoms with Crippen molar-refractivity contribution < 1.29 is 0 Å². The summed E-state index contributed by atoms with van der Waals surface area (Å²) in [6.07, 6.45) is 0. The van der Waals surface area contributed by atoms with E-state index in [4.69, 9.17) is 0 Å². The van der Waals surface area contributed by atoms with Gasteiger partial charge in [0, 0.05) is 56.4 Å². The molecule has 0 aromatic heterocycles. The second kappa shape index (κ2) is 28.6. The van der Waals surface area contributed by atoms with Crippen LogP contribution in [0.15, 0.2) is 279 Å². The molecule has 13 aromatic rings. The Bertz CT molecular complexity index is 4570. The molecule has 0 saturated carbocycles. The minimum absolute atomic E-state index is 0.0526. The van der Waals surface area contributed by atoms with Crippen LogP contribution in [0.2, 0.25) is 0 Å². The number of nitrogens with zero attached hydrogens (tertiary/aromatic N) is 2. The van der Waals surface area contributed by atoms with Crippen LogP contribution in [-0.2, 0) is 0 Å². The van der Waals surface area contributed by atoms with E-state index in [-0.39, 0.29) is 13.4 Å². The lowest BCUT2D eigenvalue weighted by Crippen LogP contribution is -2.55. The molecule has 0 saturated heterocycles. The molecule has 0 heterocycles. The Morgan fingerprint density at radius 1 is 0.224 bits per heavy atom. The van der Waals surface area contributed by atoms with E-state index >= 15 is 0 Å². The smallest absolute Gasteiger partial charge is 0.242 e. The molecule has 0 unspecified atom stereocenters. The van der Waals surface area contributed by atoms with E-state index in [1.165, 1.54) is 99.5 Å². The van der Waals surface area contributed by atoms with Gasteiger partial charge in [-0.15, -0.1) is 0 Å². The first-order valence-corrected chi connectivity index (χ1v) is 34.3. The van der Waals surface area contributed by atoms with Crippen molar-refractivity contribution in [3.8, 4) is 45.9 Å². The third-order valence-electron chi connectivity index (χ3n) is 19.4. The molecule has 0 aliphatic heterocycles. The van der Waals surface area contributed by atoms with Gasteiger partial charge in [0.05, 0.1) is 0 Å². The van der Waals surface area contributed by atoms with Crippen LogP contribution in [0.5, 0.6) is 0 Å². The summed E-state index contributed by atoms with van der Waals surface area (Å²) in [6, 6.07) is 102. The van der Waals surface area contributed by atoms with Gasteiger partial charge in [-0.1, -0.05) is 293 Å². The normalized spacial score (nSPS) is 10.9. The predicted molar refractivity (Wildman–Crippen MR) is 423 cm³/mol. The highest BCUT2D eigenvalue weighted by Gasteiger charge is 2.30. The van der Waals surface area contributed by atoms with Crippen LogP contribution in [0.4, 0.5) is 34.1 Å². The fraction of sp³-hybridized carbons (Fsp3) is 0.128. The van der Waals surface area contributed by atoms with Crippen LogP contribution in [0.25, 0.3) is 22.3 Å². The maximum atomic E-state index is 3.81. The molecule has 0 radical (unpaired) electrons. The van der Waals surface area contributed by atoms with Gasteiger partial charge in [0.25, 0.3) is 0 Å². The Morgan fingerprint density at radius 3 is 0.684 bits per heavy atom. The van der Waals surface area contributed by atoms with Gasteiger partial charge in [0.15, 0.2) is 0 Å². The summed E-state index contributed by atoms with van der Waals surface area (Å²) in [7, 11) is 0. The van der Waals surface area contributed by atoms with Crippen molar-refractivity contribution in [2.75, 3.05) is 9.80 Å². The van der Waals surface area contributed by atoms with Crippen molar-refractivity contribution in [2.24, 2.45) is 0 Å². The highest BCUT2D eigenvalue weighted by atomic mass is 15.1. The molecule has 0 N–H and O–H groups in total. The Morgan fingerprint density at radius 2 is 0.449 bits per heavy atom. The summed E-state index contributed by atoms with van der Waals surface area (Å²) in [5.74, 6) is 15.1. The van der Waals surface area contributed by atoms with E-state index in [9.17, 15) is 0 Å². The van der Waals surface area contributed by atoms with Gasteiger partial charge in [-0.05, 0) is 215 Å². The number of hydrogen-bond acceptors (Lipinski definition) is 2. The van der Waals surface area contributed by atoms with Gasteiger partial charge < -0.3 is 9.80 Å². The first kappa shape index (κ1) is 65.4. The van der Waals surface area contributed by atoms with Crippen molar-refractivity contribution in [3.05, 3.63) is 368 Å². The van der Waals surface area contributed by atoms with Crippen molar-refractivity contribution in [1.29, 1.82) is 0 Å². The van der Waals surface area contributed by atoms with Crippen LogP contribution >= 0.6 is 0 Å². The summed E-state index contributed by atoms with van der Waals surface area (Å²) >= 11 is 0. The standard InChI is InChI=1S/C94H82B2N2/c1-63-53-67(5)91(68(6)54-63)95(92-69(7)55-64(2)56-70(92)8)81-45-35-75(36-46-81)33-39-79-61-90(78-43-51-88(52-44-78)98(85-29-21-15-22-30-85)86-31-23-16-24-32-86)80(62-89(79)77-41-49-87(50-42-77)97(83-25-17-13-18-26-83)84-27-19-14-20-28-84)40-34-76-37-47-82(48-38-76)96(93-71(9)57-65(3)58-72(93)10)94-73(11)59-66(4)60-74(94)12/h13-32,35-38,41-62H,1-12H3. The van der Waals surface area contributed by atoms with Gasteiger partial charge >= 0.3 is 0 Å². The van der Waals surface area contributed by atoms with Crippen molar-refractivity contribution in [1.82, 2.24) is 0 Å². The fourth-order valence-electron chi connectivity index (χ4n) is 15.4. The van der Waals surface area contributed by atoms with Gasteiger partial charge in [0.1, 0.15) is 0 Å². The zero-order valence-electron chi connectivity index (χ0n) is 58.6. The molecule has 0 aliphatic carbocycles. The quantitative estimate of drug-likeness (QED) is 0.0791. The Balaban J connectivity index is 0.978. The number of benzene rings is 13. The number of para-hydroxylation sites is 4. The second-order valence-corrected chi connectivity index (χ2v) is 26.9. The lowest BCUT2D eigenvalue weighted by Gasteiger charge is -2.26. The Hall–Kier alpha value is -11.3. The third kappa shape index (κ3) is 13.9.